The first kappa shape index (κ1) is 15.0. The Morgan fingerprint density at radius 2 is 2.00 bits per heavy atom. The molecule has 0 aliphatic heterocycles. The van der Waals surface area contributed by atoms with E-state index in [0.717, 1.165) is 32.6 Å². The van der Waals surface area contributed by atoms with Crippen LogP contribution in [0.2, 0.25) is 0 Å². The van der Waals surface area contributed by atoms with E-state index in [1.165, 1.54) is 6.07 Å². The molecule has 0 saturated heterocycles. The van der Waals surface area contributed by atoms with Crippen LogP contribution in [-0.4, -0.2) is 26.2 Å². The molecule has 0 fully saturated rings. The van der Waals surface area contributed by atoms with Crippen molar-refractivity contribution in [3.05, 3.63) is 30.1 Å². The molecule has 3 heteroatoms. The van der Waals surface area contributed by atoms with E-state index < -0.39 is 0 Å². The molecule has 0 unspecified atom stereocenters. The first-order valence-corrected chi connectivity index (χ1v) is 6.85. The molecular weight excluding hydrogens is 227 g/mol. The fourth-order valence-electron chi connectivity index (χ4n) is 1.94. The Labute approximate surface area is 110 Å². The zero-order valence-corrected chi connectivity index (χ0v) is 11.7. The highest BCUT2D eigenvalue weighted by Crippen LogP contribution is 2.18. The molecule has 0 aliphatic rings. The van der Waals surface area contributed by atoms with Gasteiger partial charge >= 0.3 is 0 Å². The van der Waals surface area contributed by atoms with Crippen molar-refractivity contribution in [2.24, 2.45) is 5.92 Å². The van der Waals surface area contributed by atoms with Gasteiger partial charge in [0, 0.05) is 13.1 Å². The molecule has 1 aromatic carbocycles. The summed E-state index contributed by atoms with van der Waals surface area (Å²) in [5.74, 6) is 0.549. The van der Waals surface area contributed by atoms with Gasteiger partial charge < -0.3 is 10.2 Å². The van der Waals surface area contributed by atoms with Crippen LogP contribution in [-0.2, 0) is 0 Å². The van der Waals surface area contributed by atoms with Gasteiger partial charge in [0.15, 0.2) is 0 Å². The summed E-state index contributed by atoms with van der Waals surface area (Å²) < 4.78 is 13.7. The lowest BCUT2D eigenvalue weighted by atomic mass is 10.2. The lowest BCUT2D eigenvalue weighted by Gasteiger charge is -2.23. The maximum atomic E-state index is 13.7. The molecule has 0 bridgehead atoms. The third-order valence-corrected chi connectivity index (χ3v) is 2.91. The van der Waals surface area contributed by atoms with E-state index >= 15 is 0 Å². The van der Waals surface area contributed by atoms with Crippen LogP contribution in [0.3, 0.4) is 0 Å². The van der Waals surface area contributed by atoms with Gasteiger partial charge in [-0.15, -0.1) is 0 Å². The second-order valence-electron chi connectivity index (χ2n) is 4.98. The van der Waals surface area contributed by atoms with E-state index in [-0.39, 0.29) is 5.82 Å². The normalized spacial score (nSPS) is 10.9. The highest BCUT2D eigenvalue weighted by Gasteiger charge is 2.08. The second kappa shape index (κ2) is 8.09. The molecule has 102 valence electrons. The smallest absolute Gasteiger partial charge is 0.146 e. The van der Waals surface area contributed by atoms with Crippen molar-refractivity contribution in [3.63, 3.8) is 0 Å². The quantitative estimate of drug-likeness (QED) is 0.714. The fourth-order valence-corrected chi connectivity index (χ4v) is 1.94. The lowest BCUT2D eigenvalue weighted by Crippen LogP contribution is -2.29. The highest BCUT2D eigenvalue weighted by atomic mass is 19.1. The first-order chi connectivity index (χ1) is 8.65. The van der Waals surface area contributed by atoms with Crippen LogP contribution in [0, 0.1) is 11.7 Å². The summed E-state index contributed by atoms with van der Waals surface area (Å²) in [6, 6.07) is 6.99. The molecule has 0 atom stereocenters. The number of rotatable bonds is 8. The monoisotopic (exact) mass is 252 g/mol. The predicted molar refractivity (Wildman–Crippen MR) is 76.6 cm³/mol. The Morgan fingerprint density at radius 1 is 1.28 bits per heavy atom. The van der Waals surface area contributed by atoms with E-state index in [9.17, 15) is 4.39 Å². The Balaban J connectivity index is 2.36. The molecule has 1 aromatic rings. The Morgan fingerprint density at radius 3 is 2.61 bits per heavy atom. The number of benzene rings is 1. The number of halogens is 1. The minimum Gasteiger partial charge on any atom is -0.369 e. The summed E-state index contributed by atoms with van der Waals surface area (Å²) in [7, 11) is 0. The number of anilines is 1. The van der Waals surface area contributed by atoms with E-state index in [1.807, 2.05) is 12.1 Å². The molecule has 0 aromatic heterocycles. The summed E-state index contributed by atoms with van der Waals surface area (Å²) in [6.45, 7) is 10.2. The van der Waals surface area contributed by atoms with Crippen LogP contribution in [0.15, 0.2) is 24.3 Å². The molecule has 2 nitrogen and oxygen atoms in total. The van der Waals surface area contributed by atoms with Crippen molar-refractivity contribution in [3.8, 4) is 0 Å². The Kier molecular flexibility index (Phi) is 6.73. The van der Waals surface area contributed by atoms with Crippen LogP contribution >= 0.6 is 0 Å². The molecule has 0 heterocycles. The van der Waals surface area contributed by atoms with Gasteiger partial charge in [0.05, 0.1) is 5.69 Å². The average molecular weight is 252 g/mol. The minimum absolute atomic E-state index is 0.130. The van der Waals surface area contributed by atoms with Crippen molar-refractivity contribution >= 4 is 5.69 Å². The van der Waals surface area contributed by atoms with Crippen molar-refractivity contribution in [1.82, 2.24) is 5.32 Å². The van der Waals surface area contributed by atoms with Gasteiger partial charge in [-0.2, -0.15) is 0 Å². The van der Waals surface area contributed by atoms with E-state index in [4.69, 9.17) is 0 Å². The number of nitrogens with one attached hydrogen (secondary N) is 1. The number of hydrogen-bond acceptors (Lipinski definition) is 2. The molecule has 0 radical (unpaired) electrons. The Bertz CT molecular complexity index is 339. The molecule has 0 spiro atoms. The van der Waals surface area contributed by atoms with Gasteiger partial charge in [-0.25, -0.2) is 4.39 Å². The highest BCUT2D eigenvalue weighted by molar-refractivity contribution is 5.47. The first-order valence-electron chi connectivity index (χ1n) is 6.85. The maximum Gasteiger partial charge on any atom is 0.146 e. The SMILES string of the molecule is CCN(CCCNCC(C)C)c1ccccc1F. The summed E-state index contributed by atoms with van der Waals surface area (Å²) >= 11 is 0. The van der Waals surface area contributed by atoms with E-state index in [1.54, 1.807) is 6.07 Å². The predicted octanol–water partition coefficient (Wildman–Crippen LogP) is 3.29. The largest absolute Gasteiger partial charge is 0.369 e. The van der Waals surface area contributed by atoms with Gasteiger partial charge in [-0.05, 0) is 44.5 Å². The zero-order chi connectivity index (χ0) is 13.4. The third kappa shape index (κ3) is 5.05. The molecule has 0 aliphatic carbocycles. The van der Waals surface area contributed by atoms with Gasteiger partial charge in [0.2, 0.25) is 0 Å². The molecule has 0 amide bonds. The summed E-state index contributed by atoms with van der Waals surface area (Å²) in [5.41, 5.74) is 0.712. The van der Waals surface area contributed by atoms with Crippen molar-refractivity contribution in [2.45, 2.75) is 27.2 Å². The van der Waals surface area contributed by atoms with Crippen molar-refractivity contribution < 1.29 is 4.39 Å². The molecular formula is C15H25FN2. The van der Waals surface area contributed by atoms with Crippen molar-refractivity contribution in [2.75, 3.05) is 31.1 Å². The molecule has 0 saturated carbocycles. The summed E-state index contributed by atoms with van der Waals surface area (Å²) in [5, 5.41) is 3.41. The topological polar surface area (TPSA) is 15.3 Å². The van der Waals surface area contributed by atoms with Gasteiger partial charge in [-0.1, -0.05) is 26.0 Å². The number of hydrogen-bond donors (Lipinski definition) is 1. The van der Waals surface area contributed by atoms with Gasteiger partial charge in [0.25, 0.3) is 0 Å². The van der Waals surface area contributed by atoms with Crippen LogP contribution < -0.4 is 10.2 Å². The average Bonchev–Trinajstić information content (AvgIpc) is 2.35. The summed E-state index contributed by atoms with van der Waals surface area (Å²) in [6.07, 6.45) is 1.04. The van der Waals surface area contributed by atoms with Gasteiger partial charge in [0.1, 0.15) is 5.82 Å². The standard InChI is InChI=1S/C15H25FN2/c1-4-18(11-7-10-17-12-13(2)3)15-9-6-5-8-14(15)16/h5-6,8-9,13,17H,4,7,10-12H2,1-3H3. The Hall–Kier alpha value is -1.09. The lowest BCUT2D eigenvalue weighted by molar-refractivity contribution is 0.539. The fraction of sp³-hybridized carbons (Fsp3) is 0.600. The van der Waals surface area contributed by atoms with Crippen LogP contribution in [0.5, 0.6) is 0 Å². The summed E-state index contributed by atoms with van der Waals surface area (Å²) in [4.78, 5) is 2.09. The zero-order valence-electron chi connectivity index (χ0n) is 11.7. The molecule has 18 heavy (non-hydrogen) atoms. The van der Waals surface area contributed by atoms with E-state index in [2.05, 4.69) is 31.0 Å². The molecule has 1 rings (SSSR count). The van der Waals surface area contributed by atoms with Crippen LogP contribution in [0.25, 0.3) is 0 Å². The van der Waals surface area contributed by atoms with E-state index in [0.29, 0.717) is 11.6 Å². The maximum absolute atomic E-state index is 13.7. The van der Waals surface area contributed by atoms with Crippen LogP contribution in [0.4, 0.5) is 10.1 Å². The molecule has 1 N–H and O–H groups in total. The third-order valence-electron chi connectivity index (χ3n) is 2.91. The van der Waals surface area contributed by atoms with Crippen molar-refractivity contribution in [1.29, 1.82) is 0 Å². The van der Waals surface area contributed by atoms with Crippen LogP contribution in [0.1, 0.15) is 27.2 Å². The number of nitrogens with zero attached hydrogens (tertiary/aromatic N) is 1. The second-order valence-corrected chi connectivity index (χ2v) is 4.98. The van der Waals surface area contributed by atoms with Gasteiger partial charge in [-0.3, -0.25) is 0 Å². The minimum atomic E-state index is -0.130. The number of para-hydroxylation sites is 1.